The summed E-state index contributed by atoms with van der Waals surface area (Å²) >= 11 is 0. The average molecular weight is 296 g/mol. The summed E-state index contributed by atoms with van der Waals surface area (Å²) in [7, 11) is 0. The molecule has 1 heterocycles. The van der Waals surface area contributed by atoms with E-state index in [1.54, 1.807) is 4.90 Å². The molecule has 120 valence electrons. The topological polar surface area (TPSA) is 69.6 Å². The van der Waals surface area contributed by atoms with E-state index in [1.807, 2.05) is 6.92 Å². The maximum atomic E-state index is 12.5. The summed E-state index contributed by atoms with van der Waals surface area (Å²) in [6.45, 7) is 5.10. The number of likely N-dealkylation sites (tertiary alicyclic amines) is 1. The molecule has 1 aliphatic heterocycles. The summed E-state index contributed by atoms with van der Waals surface area (Å²) in [6, 6.07) is 0.168. The van der Waals surface area contributed by atoms with Crippen LogP contribution >= 0.6 is 0 Å². The van der Waals surface area contributed by atoms with Crippen LogP contribution in [0.4, 0.5) is 4.79 Å². The highest BCUT2D eigenvalue weighted by molar-refractivity contribution is 5.79. The van der Waals surface area contributed by atoms with Crippen molar-refractivity contribution in [1.82, 2.24) is 10.2 Å². The van der Waals surface area contributed by atoms with Gasteiger partial charge < -0.3 is 15.3 Å². The minimum absolute atomic E-state index is 0.0764. The van der Waals surface area contributed by atoms with Crippen LogP contribution in [0.5, 0.6) is 0 Å². The van der Waals surface area contributed by atoms with Gasteiger partial charge in [-0.1, -0.05) is 26.7 Å². The summed E-state index contributed by atoms with van der Waals surface area (Å²) in [4.78, 5) is 25.7. The first-order valence-electron chi connectivity index (χ1n) is 8.27. The number of aliphatic carboxylic acids is 1. The molecule has 2 N–H and O–H groups in total. The SMILES string of the molecule is CCC1(C(=O)O)CCCN(C(=O)NC2CCCCC2C)C1. The molecule has 21 heavy (non-hydrogen) atoms. The minimum atomic E-state index is -0.770. The molecule has 0 aromatic rings. The van der Waals surface area contributed by atoms with Crippen molar-refractivity contribution in [3.05, 3.63) is 0 Å². The lowest BCUT2D eigenvalue weighted by atomic mass is 9.78. The maximum Gasteiger partial charge on any atom is 0.317 e. The largest absolute Gasteiger partial charge is 0.481 e. The first-order chi connectivity index (χ1) is 9.98. The lowest BCUT2D eigenvalue weighted by Crippen LogP contribution is -2.55. The van der Waals surface area contributed by atoms with Crippen LogP contribution in [0.15, 0.2) is 0 Å². The van der Waals surface area contributed by atoms with E-state index in [9.17, 15) is 14.7 Å². The third-order valence-electron chi connectivity index (χ3n) is 5.41. The average Bonchev–Trinajstić information content (AvgIpc) is 2.49. The van der Waals surface area contributed by atoms with Gasteiger partial charge in [0.15, 0.2) is 0 Å². The third-order valence-corrected chi connectivity index (χ3v) is 5.41. The number of carbonyl (C=O) groups is 2. The normalized spacial score (nSPS) is 33.5. The Kier molecular flexibility index (Phi) is 5.12. The summed E-state index contributed by atoms with van der Waals surface area (Å²) in [5.41, 5.74) is -0.756. The molecule has 0 aromatic carbocycles. The first-order valence-corrected chi connectivity index (χ1v) is 8.27. The molecule has 2 rings (SSSR count). The molecule has 5 nitrogen and oxygen atoms in total. The number of nitrogens with one attached hydrogen (secondary N) is 1. The second kappa shape index (κ2) is 6.67. The molecule has 1 saturated heterocycles. The van der Waals surface area contributed by atoms with E-state index in [4.69, 9.17) is 0 Å². The van der Waals surface area contributed by atoms with E-state index in [0.717, 1.165) is 12.8 Å². The van der Waals surface area contributed by atoms with Crippen LogP contribution in [-0.4, -0.2) is 41.1 Å². The second-order valence-electron chi connectivity index (χ2n) is 6.78. The Morgan fingerprint density at radius 1 is 1.29 bits per heavy atom. The van der Waals surface area contributed by atoms with E-state index in [2.05, 4.69) is 12.2 Å². The third kappa shape index (κ3) is 3.50. The summed E-state index contributed by atoms with van der Waals surface area (Å²) < 4.78 is 0. The Morgan fingerprint density at radius 3 is 2.62 bits per heavy atom. The monoisotopic (exact) mass is 296 g/mol. The van der Waals surface area contributed by atoms with Crippen LogP contribution in [0.1, 0.15) is 58.8 Å². The number of rotatable bonds is 3. The smallest absolute Gasteiger partial charge is 0.317 e. The van der Waals surface area contributed by atoms with E-state index in [-0.39, 0.29) is 12.1 Å². The highest BCUT2D eigenvalue weighted by atomic mass is 16.4. The van der Waals surface area contributed by atoms with Gasteiger partial charge in [-0.25, -0.2) is 4.79 Å². The van der Waals surface area contributed by atoms with Gasteiger partial charge >= 0.3 is 12.0 Å². The minimum Gasteiger partial charge on any atom is -0.481 e. The molecule has 0 radical (unpaired) electrons. The predicted octanol–water partition coefficient (Wildman–Crippen LogP) is 2.85. The van der Waals surface area contributed by atoms with Crippen molar-refractivity contribution in [3.8, 4) is 0 Å². The lowest BCUT2D eigenvalue weighted by molar-refractivity contribution is -0.152. The van der Waals surface area contributed by atoms with Gasteiger partial charge in [0.05, 0.1) is 5.41 Å². The summed E-state index contributed by atoms with van der Waals surface area (Å²) in [6.07, 6.45) is 6.64. The van der Waals surface area contributed by atoms with Crippen molar-refractivity contribution < 1.29 is 14.7 Å². The van der Waals surface area contributed by atoms with Gasteiger partial charge in [0, 0.05) is 19.1 Å². The Labute approximate surface area is 127 Å². The van der Waals surface area contributed by atoms with Crippen LogP contribution < -0.4 is 5.32 Å². The number of hydrogen-bond donors (Lipinski definition) is 2. The van der Waals surface area contributed by atoms with Gasteiger partial charge in [0.25, 0.3) is 0 Å². The molecular formula is C16H28N2O3. The van der Waals surface area contributed by atoms with Crippen molar-refractivity contribution in [2.24, 2.45) is 11.3 Å². The van der Waals surface area contributed by atoms with E-state index >= 15 is 0 Å². The van der Waals surface area contributed by atoms with E-state index < -0.39 is 11.4 Å². The molecule has 1 saturated carbocycles. The molecule has 0 spiro atoms. The van der Waals surface area contributed by atoms with Gasteiger partial charge in [-0.3, -0.25) is 4.79 Å². The number of urea groups is 1. The molecule has 2 aliphatic rings. The molecule has 3 unspecified atom stereocenters. The number of nitrogens with zero attached hydrogens (tertiary/aromatic N) is 1. The number of carbonyl (C=O) groups excluding carboxylic acids is 1. The summed E-state index contributed by atoms with van der Waals surface area (Å²) in [5.74, 6) is -0.253. The zero-order valence-electron chi connectivity index (χ0n) is 13.2. The summed E-state index contributed by atoms with van der Waals surface area (Å²) in [5, 5.41) is 12.6. The molecule has 0 bridgehead atoms. The quantitative estimate of drug-likeness (QED) is 0.841. The van der Waals surface area contributed by atoms with Gasteiger partial charge in [-0.05, 0) is 38.0 Å². The predicted molar refractivity (Wildman–Crippen MR) is 81.1 cm³/mol. The Hall–Kier alpha value is -1.26. The van der Waals surface area contributed by atoms with Crippen LogP contribution in [0.2, 0.25) is 0 Å². The van der Waals surface area contributed by atoms with Gasteiger partial charge in [0.1, 0.15) is 0 Å². The zero-order chi connectivity index (χ0) is 15.5. The molecular weight excluding hydrogens is 268 g/mol. The highest BCUT2D eigenvalue weighted by Gasteiger charge is 2.42. The van der Waals surface area contributed by atoms with E-state index in [0.29, 0.717) is 31.8 Å². The zero-order valence-corrected chi connectivity index (χ0v) is 13.2. The molecule has 0 aromatic heterocycles. The maximum absolute atomic E-state index is 12.5. The van der Waals surface area contributed by atoms with Gasteiger partial charge in [-0.15, -0.1) is 0 Å². The molecule has 3 atom stereocenters. The molecule has 5 heteroatoms. The highest BCUT2D eigenvalue weighted by Crippen LogP contribution is 2.34. The molecule has 1 aliphatic carbocycles. The fourth-order valence-electron chi connectivity index (χ4n) is 3.70. The van der Waals surface area contributed by atoms with Crippen molar-refractivity contribution in [1.29, 1.82) is 0 Å². The Morgan fingerprint density at radius 2 is 2.00 bits per heavy atom. The van der Waals surface area contributed by atoms with E-state index in [1.165, 1.54) is 19.3 Å². The number of carboxylic acid groups (broad SMARTS) is 1. The van der Waals surface area contributed by atoms with Gasteiger partial charge in [-0.2, -0.15) is 0 Å². The molecule has 2 fully saturated rings. The van der Waals surface area contributed by atoms with Gasteiger partial charge in [0.2, 0.25) is 0 Å². The fourth-order valence-corrected chi connectivity index (χ4v) is 3.70. The first kappa shape index (κ1) is 16.1. The number of amides is 2. The standard InChI is InChI=1S/C16H28N2O3/c1-3-16(14(19)20)9-6-10-18(11-16)15(21)17-13-8-5-4-7-12(13)2/h12-13H,3-11H2,1-2H3,(H,17,21)(H,19,20). The number of piperidine rings is 1. The van der Waals surface area contributed by atoms with Crippen LogP contribution in [0, 0.1) is 11.3 Å². The Bertz CT molecular complexity index is 399. The van der Waals surface area contributed by atoms with Crippen LogP contribution in [-0.2, 0) is 4.79 Å². The second-order valence-corrected chi connectivity index (χ2v) is 6.78. The lowest BCUT2D eigenvalue weighted by Gasteiger charge is -2.40. The Balaban J connectivity index is 1.97. The van der Waals surface area contributed by atoms with Crippen molar-refractivity contribution in [3.63, 3.8) is 0 Å². The van der Waals surface area contributed by atoms with Crippen LogP contribution in [0.3, 0.4) is 0 Å². The number of carboxylic acids is 1. The van der Waals surface area contributed by atoms with Crippen molar-refractivity contribution in [2.45, 2.75) is 64.8 Å². The van der Waals surface area contributed by atoms with Crippen molar-refractivity contribution >= 4 is 12.0 Å². The van der Waals surface area contributed by atoms with Crippen molar-refractivity contribution in [2.75, 3.05) is 13.1 Å². The van der Waals surface area contributed by atoms with Crippen LogP contribution in [0.25, 0.3) is 0 Å². The molecule has 2 amide bonds. The fraction of sp³-hybridized carbons (Fsp3) is 0.875. The number of hydrogen-bond acceptors (Lipinski definition) is 2.